The van der Waals surface area contributed by atoms with Crippen LogP contribution in [-0.4, -0.2) is 37.7 Å². The van der Waals surface area contributed by atoms with Crippen LogP contribution in [0.2, 0.25) is 0 Å². The third-order valence-corrected chi connectivity index (χ3v) is 4.47. The lowest BCUT2D eigenvalue weighted by Gasteiger charge is -2.34. The van der Waals surface area contributed by atoms with Crippen LogP contribution in [0.15, 0.2) is 18.2 Å². The van der Waals surface area contributed by atoms with Gasteiger partial charge in [0.25, 0.3) is 0 Å². The van der Waals surface area contributed by atoms with Gasteiger partial charge in [-0.2, -0.15) is 0 Å². The van der Waals surface area contributed by atoms with E-state index in [1.807, 2.05) is 0 Å². The average molecular weight is 290 g/mol. The zero-order chi connectivity index (χ0) is 15.2. The van der Waals surface area contributed by atoms with E-state index in [4.69, 9.17) is 4.74 Å². The molecule has 1 unspecified atom stereocenters. The number of rotatable bonds is 6. The van der Waals surface area contributed by atoms with Crippen LogP contribution in [0.1, 0.15) is 50.3 Å². The second-order valence-corrected chi connectivity index (χ2v) is 6.25. The first-order chi connectivity index (χ1) is 10.1. The molecule has 0 saturated carbocycles. The number of hydrogen-bond acceptors (Lipinski definition) is 3. The van der Waals surface area contributed by atoms with Crippen LogP contribution in [0.5, 0.6) is 5.75 Å². The third-order valence-electron chi connectivity index (χ3n) is 4.47. The van der Waals surface area contributed by atoms with E-state index < -0.39 is 0 Å². The molecule has 2 rings (SSSR count). The van der Waals surface area contributed by atoms with Crippen LogP contribution in [-0.2, 0) is 0 Å². The van der Waals surface area contributed by atoms with Crippen molar-refractivity contribution in [2.75, 3.05) is 26.7 Å². The van der Waals surface area contributed by atoms with Gasteiger partial charge in [0.1, 0.15) is 5.75 Å². The van der Waals surface area contributed by atoms with E-state index in [2.05, 4.69) is 49.2 Å². The van der Waals surface area contributed by atoms with Crippen molar-refractivity contribution >= 4 is 0 Å². The molecule has 1 aromatic rings. The average Bonchev–Trinajstić information content (AvgIpc) is 2.49. The van der Waals surface area contributed by atoms with Gasteiger partial charge < -0.3 is 15.0 Å². The minimum atomic E-state index is 0.336. The number of nitrogens with one attached hydrogen (secondary N) is 1. The van der Waals surface area contributed by atoms with Gasteiger partial charge in [0.15, 0.2) is 0 Å². The van der Waals surface area contributed by atoms with Crippen LogP contribution in [0.3, 0.4) is 0 Å². The fourth-order valence-corrected chi connectivity index (χ4v) is 3.26. The van der Waals surface area contributed by atoms with Gasteiger partial charge in [-0.1, -0.05) is 19.1 Å². The Bertz CT molecular complexity index is 439. The van der Waals surface area contributed by atoms with Crippen molar-refractivity contribution < 1.29 is 4.74 Å². The minimum absolute atomic E-state index is 0.336. The highest BCUT2D eigenvalue weighted by molar-refractivity contribution is 5.39. The smallest absolute Gasteiger partial charge is 0.123 e. The van der Waals surface area contributed by atoms with Gasteiger partial charge in [0.05, 0.1) is 7.11 Å². The van der Waals surface area contributed by atoms with Crippen LogP contribution >= 0.6 is 0 Å². The molecule has 0 amide bonds. The molecule has 1 fully saturated rings. The minimum Gasteiger partial charge on any atom is -0.496 e. The van der Waals surface area contributed by atoms with E-state index in [1.165, 1.54) is 50.0 Å². The molecule has 0 aliphatic carbocycles. The number of hydrogen-bond donors (Lipinski definition) is 1. The molecule has 1 saturated heterocycles. The van der Waals surface area contributed by atoms with Gasteiger partial charge in [0, 0.05) is 17.6 Å². The molecule has 0 radical (unpaired) electrons. The lowest BCUT2D eigenvalue weighted by molar-refractivity contribution is 0.192. The summed E-state index contributed by atoms with van der Waals surface area (Å²) in [5.74, 6) is 0.999. The van der Waals surface area contributed by atoms with Gasteiger partial charge in [-0.25, -0.2) is 0 Å². The number of benzene rings is 1. The first kappa shape index (κ1) is 16.3. The molecule has 0 spiro atoms. The van der Waals surface area contributed by atoms with Crippen LogP contribution < -0.4 is 10.1 Å². The molecular formula is C18H30N2O. The van der Waals surface area contributed by atoms with Crippen LogP contribution in [0.25, 0.3) is 0 Å². The number of aryl methyl sites for hydroxylation is 1. The number of likely N-dealkylation sites (tertiary alicyclic amines) is 1. The van der Waals surface area contributed by atoms with Gasteiger partial charge in [-0.3, -0.25) is 0 Å². The largest absolute Gasteiger partial charge is 0.496 e. The molecule has 0 bridgehead atoms. The summed E-state index contributed by atoms with van der Waals surface area (Å²) in [5.41, 5.74) is 2.51. The zero-order valence-corrected chi connectivity index (χ0v) is 14.0. The predicted octanol–water partition coefficient (Wildman–Crippen LogP) is 3.53. The van der Waals surface area contributed by atoms with E-state index >= 15 is 0 Å². The summed E-state index contributed by atoms with van der Waals surface area (Å²) < 4.78 is 5.54. The summed E-state index contributed by atoms with van der Waals surface area (Å²) in [5, 5.41) is 3.79. The summed E-state index contributed by atoms with van der Waals surface area (Å²) in [6, 6.07) is 7.44. The number of ether oxygens (including phenoxy) is 1. The van der Waals surface area contributed by atoms with Gasteiger partial charge >= 0.3 is 0 Å². The van der Waals surface area contributed by atoms with Gasteiger partial charge in [0.2, 0.25) is 0 Å². The Hall–Kier alpha value is -1.06. The Labute approximate surface area is 129 Å². The molecule has 3 heteroatoms. The molecule has 1 atom stereocenters. The molecule has 118 valence electrons. The summed E-state index contributed by atoms with van der Waals surface area (Å²) in [6.45, 7) is 10.3. The Morgan fingerprint density at radius 3 is 2.67 bits per heavy atom. The second kappa shape index (κ2) is 7.81. The highest BCUT2D eigenvalue weighted by atomic mass is 16.5. The maximum Gasteiger partial charge on any atom is 0.123 e. The van der Waals surface area contributed by atoms with Crippen molar-refractivity contribution in [2.24, 2.45) is 0 Å². The molecule has 3 nitrogen and oxygen atoms in total. The van der Waals surface area contributed by atoms with E-state index in [9.17, 15) is 0 Å². The Balaban J connectivity index is 1.92. The van der Waals surface area contributed by atoms with Crippen molar-refractivity contribution in [3.05, 3.63) is 29.3 Å². The fourth-order valence-electron chi connectivity index (χ4n) is 3.26. The van der Waals surface area contributed by atoms with Gasteiger partial charge in [-0.05, 0) is 64.4 Å². The van der Waals surface area contributed by atoms with Gasteiger partial charge in [-0.15, -0.1) is 0 Å². The lowest BCUT2D eigenvalue weighted by Crippen LogP contribution is -2.43. The summed E-state index contributed by atoms with van der Waals surface area (Å²) in [7, 11) is 1.76. The first-order valence-corrected chi connectivity index (χ1v) is 8.27. The number of nitrogens with zero attached hydrogens (tertiary/aromatic N) is 1. The molecule has 0 aromatic heterocycles. The molecule has 1 aliphatic rings. The highest BCUT2D eigenvalue weighted by Crippen LogP contribution is 2.27. The maximum absolute atomic E-state index is 5.54. The molecule has 1 N–H and O–H groups in total. The Kier molecular flexibility index (Phi) is 6.07. The fraction of sp³-hybridized carbons (Fsp3) is 0.667. The monoisotopic (exact) mass is 290 g/mol. The van der Waals surface area contributed by atoms with E-state index in [1.54, 1.807) is 7.11 Å². The van der Waals surface area contributed by atoms with E-state index in [0.29, 0.717) is 12.1 Å². The molecule has 1 heterocycles. The van der Waals surface area contributed by atoms with Crippen molar-refractivity contribution in [1.82, 2.24) is 10.2 Å². The first-order valence-electron chi connectivity index (χ1n) is 8.27. The summed E-state index contributed by atoms with van der Waals surface area (Å²) >= 11 is 0. The zero-order valence-electron chi connectivity index (χ0n) is 14.0. The SMILES string of the molecule is CCCN1CCC(NC(C)c2ccc(C)cc2OC)CC1. The summed E-state index contributed by atoms with van der Waals surface area (Å²) in [6.07, 6.45) is 3.76. The molecule has 1 aromatic carbocycles. The normalized spacial score (nSPS) is 18.7. The highest BCUT2D eigenvalue weighted by Gasteiger charge is 2.21. The number of methoxy groups -OCH3 is 1. The Morgan fingerprint density at radius 2 is 2.05 bits per heavy atom. The second-order valence-electron chi connectivity index (χ2n) is 6.25. The molecular weight excluding hydrogens is 260 g/mol. The quantitative estimate of drug-likeness (QED) is 0.867. The van der Waals surface area contributed by atoms with Crippen molar-refractivity contribution in [3.8, 4) is 5.75 Å². The summed E-state index contributed by atoms with van der Waals surface area (Å²) in [4.78, 5) is 2.58. The van der Waals surface area contributed by atoms with E-state index in [-0.39, 0.29) is 0 Å². The predicted molar refractivity (Wildman–Crippen MR) is 89.0 cm³/mol. The third kappa shape index (κ3) is 4.45. The maximum atomic E-state index is 5.54. The molecule has 21 heavy (non-hydrogen) atoms. The Morgan fingerprint density at radius 1 is 1.33 bits per heavy atom. The molecule has 1 aliphatic heterocycles. The van der Waals surface area contributed by atoms with Crippen LogP contribution in [0.4, 0.5) is 0 Å². The lowest BCUT2D eigenvalue weighted by atomic mass is 10.00. The topological polar surface area (TPSA) is 24.5 Å². The van der Waals surface area contributed by atoms with E-state index in [0.717, 1.165) is 5.75 Å². The standard InChI is InChI=1S/C18H30N2O/c1-5-10-20-11-8-16(9-12-20)19-15(3)17-7-6-14(2)13-18(17)21-4/h6-7,13,15-16,19H,5,8-12H2,1-4H3. The van der Waals surface area contributed by atoms with Crippen molar-refractivity contribution in [1.29, 1.82) is 0 Å². The van der Waals surface area contributed by atoms with Crippen LogP contribution in [0, 0.1) is 6.92 Å². The number of piperidine rings is 1. The van der Waals surface area contributed by atoms with Crippen molar-refractivity contribution in [3.63, 3.8) is 0 Å². The van der Waals surface area contributed by atoms with Crippen molar-refractivity contribution in [2.45, 2.75) is 52.1 Å².